The van der Waals surface area contributed by atoms with E-state index in [1.165, 1.54) is 11.3 Å². The quantitative estimate of drug-likeness (QED) is 0.657. The van der Waals surface area contributed by atoms with Gasteiger partial charge in [0.1, 0.15) is 10.0 Å². The lowest BCUT2D eigenvalue weighted by atomic mass is 9.60. The van der Waals surface area contributed by atoms with Crippen molar-refractivity contribution >= 4 is 49.7 Å². The first-order valence-corrected chi connectivity index (χ1v) is 9.55. The average molecular weight is 390 g/mol. The van der Waals surface area contributed by atoms with Gasteiger partial charge in [-0.2, -0.15) is 0 Å². The molecule has 3 aromatic rings. The minimum Gasteiger partial charge on any atom is -0.379 e. The molecule has 0 bridgehead atoms. The summed E-state index contributed by atoms with van der Waals surface area (Å²) >= 11 is 1.51. The summed E-state index contributed by atoms with van der Waals surface area (Å²) in [6.45, 7) is 3.82. The number of hydrogen-bond donors (Lipinski definition) is 1. The van der Waals surface area contributed by atoms with Crippen molar-refractivity contribution in [1.29, 1.82) is 0 Å². The van der Waals surface area contributed by atoms with Crippen LogP contribution in [0.5, 0.6) is 0 Å². The van der Waals surface area contributed by atoms with E-state index in [0.717, 1.165) is 21.0 Å². The monoisotopic (exact) mass is 390 g/mol. The molecule has 1 amide bonds. The maximum Gasteiger partial charge on any atom is 0.227 e. The fourth-order valence-electron chi connectivity index (χ4n) is 2.95. The molecule has 3 heterocycles. The standard InChI is InChI=1S/C17H16B2N6O2S/c1-10-21-24-15(28-10)11-2-3-13-12(8-11)9-14(23-22-13)20-16(26)17(18,19)25-4-6-27-7-5-25/h2-3,8-9H,4-7H2,1H3,(H,20,23,26). The van der Waals surface area contributed by atoms with Gasteiger partial charge in [-0.25, -0.2) is 0 Å². The second-order valence-corrected chi connectivity index (χ2v) is 7.69. The van der Waals surface area contributed by atoms with Gasteiger partial charge in [0.15, 0.2) is 5.82 Å². The van der Waals surface area contributed by atoms with Crippen molar-refractivity contribution in [2.45, 2.75) is 12.3 Å². The molecular formula is C17H16B2N6O2S. The number of nitrogens with one attached hydrogen (secondary N) is 1. The van der Waals surface area contributed by atoms with Crippen LogP contribution in [0.2, 0.25) is 0 Å². The van der Waals surface area contributed by atoms with E-state index in [0.29, 0.717) is 31.8 Å². The maximum absolute atomic E-state index is 12.6. The Morgan fingerprint density at radius 1 is 1.18 bits per heavy atom. The second kappa shape index (κ2) is 7.57. The number of aryl methyl sites for hydroxylation is 1. The van der Waals surface area contributed by atoms with Crippen LogP contribution in [-0.4, -0.2) is 78.5 Å². The number of anilines is 1. The summed E-state index contributed by atoms with van der Waals surface area (Å²) in [7, 11) is 12.1. The summed E-state index contributed by atoms with van der Waals surface area (Å²) in [4.78, 5) is 14.3. The van der Waals surface area contributed by atoms with E-state index in [-0.39, 0.29) is 5.82 Å². The van der Waals surface area contributed by atoms with E-state index in [4.69, 9.17) is 20.4 Å². The summed E-state index contributed by atoms with van der Waals surface area (Å²) in [5, 5.41) is 19.9. The van der Waals surface area contributed by atoms with Crippen LogP contribution < -0.4 is 5.32 Å². The summed E-state index contributed by atoms with van der Waals surface area (Å²) in [5.41, 5.74) is 1.62. The lowest BCUT2D eigenvalue weighted by molar-refractivity contribution is -0.121. The summed E-state index contributed by atoms with van der Waals surface area (Å²) < 4.78 is 5.27. The summed E-state index contributed by atoms with van der Waals surface area (Å²) in [5.74, 6) is -0.282. The Kier molecular flexibility index (Phi) is 5.13. The third-order valence-electron chi connectivity index (χ3n) is 4.50. The first kappa shape index (κ1) is 19.0. The van der Waals surface area contributed by atoms with Crippen molar-refractivity contribution < 1.29 is 9.53 Å². The van der Waals surface area contributed by atoms with Crippen LogP contribution in [-0.2, 0) is 9.53 Å². The van der Waals surface area contributed by atoms with Crippen LogP contribution in [0.4, 0.5) is 5.82 Å². The van der Waals surface area contributed by atoms with Crippen LogP contribution in [0.15, 0.2) is 24.3 Å². The first-order chi connectivity index (χ1) is 13.4. The Labute approximate surface area is 168 Å². The highest BCUT2D eigenvalue weighted by Crippen LogP contribution is 2.27. The van der Waals surface area contributed by atoms with Crippen LogP contribution in [0.25, 0.3) is 21.5 Å². The zero-order valence-electron chi connectivity index (χ0n) is 15.3. The minimum absolute atomic E-state index is 0.275. The molecule has 11 heteroatoms. The Bertz CT molecular complexity index is 1020. The Balaban J connectivity index is 1.57. The molecule has 0 saturated carbocycles. The number of fused-ring (bicyclic) bond motifs is 1. The predicted octanol–water partition coefficient (Wildman–Crippen LogP) is 0.718. The van der Waals surface area contributed by atoms with Crippen molar-refractivity contribution in [2.24, 2.45) is 0 Å². The number of hydrogen-bond acceptors (Lipinski definition) is 8. The van der Waals surface area contributed by atoms with Gasteiger partial charge in [0.25, 0.3) is 0 Å². The number of carbonyl (C=O) groups is 1. The van der Waals surface area contributed by atoms with Crippen molar-refractivity contribution in [3.8, 4) is 10.6 Å². The summed E-state index contributed by atoms with van der Waals surface area (Å²) in [6, 6.07) is 7.43. The van der Waals surface area contributed by atoms with E-state index in [1.54, 1.807) is 11.0 Å². The predicted molar refractivity (Wildman–Crippen MR) is 108 cm³/mol. The van der Waals surface area contributed by atoms with E-state index < -0.39 is 11.2 Å². The van der Waals surface area contributed by atoms with E-state index in [1.807, 2.05) is 25.1 Å². The molecule has 0 unspecified atom stereocenters. The number of ether oxygens (including phenoxy) is 1. The van der Waals surface area contributed by atoms with Crippen LogP contribution in [0.3, 0.4) is 0 Å². The molecular weight excluding hydrogens is 374 g/mol. The second-order valence-electron chi connectivity index (χ2n) is 6.51. The summed E-state index contributed by atoms with van der Waals surface area (Å²) in [6.07, 6.45) is 0. The number of benzene rings is 1. The molecule has 2 aromatic heterocycles. The Morgan fingerprint density at radius 3 is 2.68 bits per heavy atom. The highest BCUT2D eigenvalue weighted by molar-refractivity contribution is 7.14. The highest BCUT2D eigenvalue weighted by atomic mass is 32.1. The molecule has 1 aromatic carbocycles. The lowest BCUT2D eigenvalue weighted by Crippen LogP contribution is -2.61. The lowest BCUT2D eigenvalue weighted by Gasteiger charge is -2.40. The van der Waals surface area contributed by atoms with Gasteiger partial charge in [-0.05, 0) is 31.2 Å². The van der Waals surface area contributed by atoms with Crippen molar-refractivity contribution in [2.75, 3.05) is 31.6 Å². The molecule has 138 valence electrons. The fraction of sp³-hybridized carbons (Fsp3) is 0.353. The molecule has 0 atom stereocenters. The molecule has 0 spiro atoms. The number of carbonyl (C=O) groups excluding carboxylic acids is 1. The number of morpholine rings is 1. The van der Waals surface area contributed by atoms with Gasteiger partial charge in [-0.1, -0.05) is 11.3 Å². The van der Waals surface area contributed by atoms with Crippen molar-refractivity contribution in [3.63, 3.8) is 0 Å². The number of rotatable bonds is 4. The zero-order chi connectivity index (χ0) is 19.7. The molecule has 1 N–H and O–H groups in total. The minimum atomic E-state index is -1.66. The number of aromatic nitrogens is 4. The van der Waals surface area contributed by atoms with Crippen LogP contribution >= 0.6 is 11.3 Å². The molecule has 1 fully saturated rings. The van der Waals surface area contributed by atoms with Crippen molar-refractivity contribution in [3.05, 3.63) is 29.3 Å². The molecule has 0 aliphatic carbocycles. The Hall–Kier alpha value is -2.36. The van der Waals surface area contributed by atoms with Gasteiger partial charge in [0.05, 0.1) is 34.4 Å². The number of amides is 1. The molecule has 4 rings (SSSR count). The van der Waals surface area contributed by atoms with Gasteiger partial charge in [0.2, 0.25) is 5.91 Å². The highest BCUT2D eigenvalue weighted by Gasteiger charge is 2.34. The molecule has 28 heavy (non-hydrogen) atoms. The average Bonchev–Trinajstić information content (AvgIpc) is 3.14. The normalized spacial score (nSPS) is 15.6. The van der Waals surface area contributed by atoms with Crippen molar-refractivity contribution in [1.82, 2.24) is 25.3 Å². The van der Waals surface area contributed by atoms with Gasteiger partial charge < -0.3 is 15.0 Å². The SMILES string of the molecule is [B]C([B])(C(=O)Nc1cc2cc(-c3nnc(C)s3)ccc2nn1)N1CCOCC1. The first-order valence-electron chi connectivity index (χ1n) is 8.73. The van der Waals surface area contributed by atoms with E-state index >= 15 is 0 Å². The molecule has 1 saturated heterocycles. The topological polar surface area (TPSA) is 93.1 Å². The van der Waals surface area contributed by atoms with Gasteiger partial charge in [0, 0.05) is 29.4 Å². The zero-order valence-corrected chi connectivity index (χ0v) is 16.1. The van der Waals surface area contributed by atoms with Crippen LogP contribution in [0.1, 0.15) is 5.01 Å². The largest absolute Gasteiger partial charge is 0.379 e. The van der Waals surface area contributed by atoms with E-state index in [9.17, 15) is 4.79 Å². The molecule has 8 nitrogen and oxygen atoms in total. The smallest absolute Gasteiger partial charge is 0.227 e. The van der Waals surface area contributed by atoms with E-state index in [2.05, 4.69) is 25.7 Å². The Morgan fingerprint density at radius 2 is 1.96 bits per heavy atom. The molecule has 1 aliphatic heterocycles. The van der Waals surface area contributed by atoms with Gasteiger partial charge in [-0.3, -0.25) is 4.79 Å². The van der Waals surface area contributed by atoms with Crippen LogP contribution in [0, 0.1) is 6.92 Å². The molecule has 1 aliphatic rings. The fourth-order valence-corrected chi connectivity index (χ4v) is 3.63. The maximum atomic E-state index is 12.6. The number of nitrogens with zero attached hydrogens (tertiary/aromatic N) is 5. The third kappa shape index (κ3) is 3.78. The van der Waals surface area contributed by atoms with Gasteiger partial charge in [-0.15, -0.1) is 20.4 Å². The third-order valence-corrected chi connectivity index (χ3v) is 5.39. The van der Waals surface area contributed by atoms with Gasteiger partial charge >= 0.3 is 0 Å². The molecule has 4 radical (unpaired) electrons.